The number of benzene rings is 1. The van der Waals surface area contributed by atoms with Crippen LogP contribution in [-0.4, -0.2) is 104 Å². The maximum atomic E-state index is 13.4. The molecule has 7 aliphatic rings. The van der Waals surface area contributed by atoms with Crippen molar-refractivity contribution in [1.29, 1.82) is 0 Å². The van der Waals surface area contributed by atoms with Crippen LogP contribution in [0.3, 0.4) is 0 Å². The van der Waals surface area contributed by atoms with E-state index in [1.807, 2.05) is 37.3 Å². The van der Waals surface area contributed by atoms with Gasteiger partial charge in [0.25, 0.3) is 0 Å². The van der Waals surface area contributed by atoms with E-state index in [1.54, 1.807) is 0 Å². The lowest BCUT2D eigenvalue weighted by Crippen LogP contribution is -2.72. The number of carboxylic acid groups (broad SMARTS) is 1. The zero-order chi connectivity index (χ0) is 41.5. The number of aliphatic carboxylic acids is 1. The summed E-state index contributed by atoms with van der Waals surface area (Å²) in [7, 11) is 0. The number of carbonyl (C=O) groups is 1. The van der Waals surface area contributed by atoms with E-state index >= 15 is 0 Å². The first kappa shape index (κ1) is 42.7. The molecule has 6 fully saturated rings. The van der Waals surface area contributed by atoms with E-state index in [0.717, 1.165) is 56.1 Å². The lowest BCUT2D eigenvalue weighted by atomic mass is 9.31. The summed E-state index contributed by atoms with van der Waals surface area (Å²) in [5, 5.41) is 77.3. The van der Waals surface area contributed by atoms with Gasteiger partial charge in [0.2, 0.25) is 0 Å². The number of carboxylic acids is 1. The Balaban J connectivity index is 1.25. The van der Waals surface area contributed by atoms with Crippen molar-refractivity contribution >= 4 is 5.97 Å². The van der Waals surface area contributed by atoms with Gasteiger partial charge in [0, 0.05) is 12.0 Å². The zero-order valence-electron chi connectivity index (χ0n) is 35.1. The largest absolute Gasteiger partial charge is 0.481 e. The molecule has 324 valence electrons. The summed E-state index contributed by atoms with van der Waals surface area (Å²) in [6.07, 6.45) is 5.22. The minimum atomic E-state index is -1.49. The maximum Gasteiger partial charge on any atom is 0.312 e. The van der Waals surface area contributed by atoms with Crippen LogP contribution in [0.15, 0.2) is 42.0 Å². The first-order chi connectivity index (χ1) is 27.5. The lowest BCUT2D eigenvalue weighted by Gasteiger charge is -2.74. The van der Waals surface area contributed by atoms with E-state index in [4.69, 9.17) is 14.2 Å². The molecule has 1 aliphatic heterocycles. The number of allylic oxidation sites excluding steroid dienone is 2. The van der Waals surface area contributed by atoms with Crippen LogP contribution in [0.2, 0.25) is 0 Å². The van der Waals surface area contributed by atoms with Crippen LogP contribution in [0.4, 0.5) is 0 Å². The van der Waals surface area contributed by atoms with E-state index in [0.29, 0.717) is 38.2 Å². The third-order valence-electron chi connectivity index (χ3n) is 18.4. The van der Waals surface area contributed by atoms with Crippen molar-refractivity contribution in [3.05, 3.63) is 47.5 Å². The van der Waals surface area contributed by atoms with Crippen LogP contribution >= 0.6 is 0 Å². The molecule has 1 unspecified atom stereocenters. The number of hydrogen-bond donors (Lipinski definition) is 7. The van der Waals surface area contributed by atoms with Gasteiger partial charge in [0.05, 0.1) is 38.1 Å². The first-order valence-corrected chi connectivity index (χ1v) is 22.4. The van der Waals surface area contributed by atoms with Crippen LogP contribution in [0.5, 0.6) is 0 Å². The number of rotatable bonds is 9. The fraction of sp³-hybridized carbons (Fsp3) is 0.809. The average Bonchev–Trinajstić information content (AvgIpc) is 3.21. The molecule has 7 N–H and O–H groups in total. The Hall–Kier alpha value is -1.93. The highest BCUT2D eigenvalue weighted by Gasteiger charge is 2.74. The second kappa shape index (κ2) is 15.5. The Kier molecular flexibility index (Phi) is 11.4. The van der Waals surface area contributed by atoms with E-state index in [9.17, 15) is 40.5 Å². The molecule has 1 aromatic rings. The Labute approximate surface area is 344 Å². The summed E-state index contributed by atoms with van der Waals surface area (Å²) in [5.74, 6) is -0.789. The van der Waals surface area contributed by atoms with Crippen molar-refractivity contribution in [2.75, 3.05) is 19.8 Å². The highest BCUT2D eigenvalue weighted by molar-refractivity contribution is 5.77. The SMILES string of the molecule is C[C@]1(CO)C[C@H](O)[C@@]2(C(=O)O)CC[C@]3(C)C(=CCC4[C@@]5(C6CCCCC6)C[C@@H](OCc6ccccc6)[C@@H](O[C@H]6OC[C@@H](O)[C@H](O)[C@H]6O)[C@@](C)(CO)[C@@H]5CC[C@]43C)[C@@H]2C1. The second-order valence-corrected chi connectivity index (χ2v) is 21.0. The summed E-state index contributed by atoms with van der Waals surface area (Å²) < 4.78 is 19.7. The van der Waals surface area contributed by atoms with Crippen molar-refractivity contribution in [3.63, 3.8) is 0 Å². The fourth-order valence-electron chi connectivity index (χ4n) is 15.1. The maximum absolute atomic E-state index is 13.4. The smallest absolute Gasteiger partial charge is 0.312 e. The van der Waals surface area contributed by atoms with Crippen LogP contribution in [0.25, 0.3) is 0 Å². The quantitative estimate of drug-likeness (QED) is 0.126. The summed E-state index contributed by atoms with van der Waals surface area (Å²) in [4.78, 5) is 13.4. The summed E-state index contributed by atoms with van der Waals surface area (Å²) in [6.45, 7) is 8.77. The third kappa shape index (κ3) is 6.25. The van der Waals surface area contributed by atoms with E-state index < -0.39 is 71.0 Å². The topological polar surface area (TPSA) is 186 Å². The van der Waals surface area contributed by atoms with Gasteiger partial charge in [-0.3, -0.25) is 4.79 Å². The van der Waals surface area contributed by atoms with E-state index in [2.05, 4.69) is 26.8 Å². The van der Waals surface area contributed by atoms with Crippen molar-refractivity contribution in [3.8, 4) is 0 Å². The Morgan fingerprint density at radius 1 is 0.845 bits per heavy atom. The molecular formula is C47H70O11. The van der Waals surface area contributed by atoms with Crippen molar-refractivity contribution < 1.29 is 54.8 Å². The van der Waals surface area contributed by atoms with Crippen LogP contribution in [0.1, 0.15) is 117 Å². The summed E-state index contributed by atoms with van der Waals surface area (Å²) in [5.41, 5.74) is -1.45. The van der Waals surface area contributed by atoms with Crippen molar-refractivity contribution in [2.45, 2.75) is 161 Å². The molecule has 0 aromatic heterocycles. The molecule has 0 spiro atoms. The highest BCUT2D eigenvalue weighted by atomic mass is 16.7. The molecule has 1 heterocycles. The van der Waals surface area contributed by atoms with Crippen molar-refractivity contribution in [1.82, 2.24) is 0 Å². The molecule has 8 rings (SSSR count). The Morgan fingerprint density at radius 2 is 1.57 bits per heavy atom. The monoisotopic (exact) mass is 810 g/mol. The van der Waals surface area contributed by atoms with Gasteiger partial charge in [-0.05, 0) is 115 Å². The number of hydrogen-bond acceptors (Lipinski definition) is 10. The van der Waals surface area contributed by atoms with E-state index in [1.165, 1.54) is 6.42 Å². The molecule has 16 atom stereocenters. The number of aliphatic hydroxyl groups is 6. The predicted molar refractivity (Wildman–Crippen MR) is 215 cm³/mol. The van der Waals surface area contributed by atoms with Crippen LogP contribution in [-0.2, 0) is 25.6 Å². The van der Waals surface area contributed by atoms with Gasteiger partial charge < -0.3 is 50.0 Å². The minimum absolute atomic E-state index is 0.0124. The number of aliphatic hydroxyl groups excluding tert-OH is 6. The molecular weight excluding hydrogens is 741 g/mol. The molecule has 0 radical (unpaired) electrons. The van der Waals surface area contributed by atoms with Gasteiger partial charge in [-0.15, -0.1) is 0 Å². The minimum Gasteiger partial charge on any atom is -0.481 e. The fourth-order valence-corrected chi connectivity index (χ4v) is 15.1. The van der Waals surface area contributed by atoms with Gasteiger partial charge in [-0.1, -0.05) is 88.9 Å². The van der Waals surface area contributed by atoms with Gasteiger partial charge in [-0.2, -0.15) is 0 Å². The zero-order valence-corrected chi connectivity index (χ0v) is 35.1. The van der Waals surface area contributed by atoms with Gasteiger partial charge in [0.15, 0.2) is 6.29 Å². The van der Waals surface area contributed by atoms with Gasteiger partial charge >= 0.3 is 5.97 Å². The Bertz CT molecular complexity index is 1680. The number of ether oxygens (including phenoxy) is 3. The van der Waals surface area contributed by atoms with E-state index in [-0.39, 0.29) is 54.3 Å². The predicted octanol–water partition coefficient (Wildman–Crippen LogP) is 5.37. The van der Waals surface area contributed by atoms with Crippen molar-refractivity contribution in [2.24, 2.45) is 56.2 Å². The van der Waals surface area contributed by atoms with Crippen LogP contribution in [0, 0.1) is 56.2 Å². The molecule has 58 heavy (non-hydrogen) atoms. The third-order valence-corrected chi connectivity index (χ3v) is 18.4. The van der Waals surface area contributed by atoms with Crippen LogP contribution < -0.4 is 0 Å². The molecule has 11 heteroatoms. The Morgan fingerprint density at radius 3 is 2.24 bits per heavy atom. The lowest BCUT2D eigenvalue weighted by molar-refractivity contribution is -0.339. The molecule has 5 saturated carbocycles. The summed E-state index contributed by atoms with van der Waals surface area (Å²) in [6, 6.07) is 10.0. The first-order valence-electron chi connectivity index (χ1n) is 22.4. The molecule has 0 bridgehead atoms. The molecule has 1 aromatic carbocycles. The van der Waals surface area contributed by atoms with Gasteiger partial charge in [0.1, 0.15) is 23.7 Å². The average molecular weight is 811 g/mol. The molecule has 1 saturated heterocycles. The molecule has 11 nitrogen and oxygen atoms in total. The summed E-state index contributed by atoms with van der Waals surface area (Å²) >= 11 is 0. The molecule has 6 aliphatic carbocycles. The second-order valence-electron chi connectivity index (χ2n) is 21.0. The molecule has 0 amide bonds. The van der Waals surface area contributed by atoms with Gasteiger partial charge in [-0.25, -0.2) is 0 Å². The standard InChI is InChI=1S/C47H70O11/c1-42(26-48)21-31-30-15-16-35-45(4,44(30,3)19-20-46(31,41(54)55)36(51)23-42)18-17-34-43(2,27-49)39(58-40-38(53)37(52)32(50)25-57-40)33(56-24-28-11-7-5-8-12-28)22-47(34,35)29-13-9-6-10-14-29/h5,7-8,11-12,15,29,31-40,48-53H,6,9-10,13-14,16-27H2,1-4H3,(H,54,55)/t31-,32+,33+,34-,35?,36-,37-,38+,39+,40+,42+,43-,44+,45+,46+,47+/m0/s1. The normalized spacial score (nSPS) is 49.4. The number of fused-ring (bicyclic) bond motifs is 7. The highest BCUT2D eigenvalue weighted by Crippen LogP contribution is 2.78.